The molecule has 1 saturated heterocycles. The lowest BCUT2D eigenvalue weighted by atomic mass is 9.93. The highest BCUT2D eigenvalue weighted by atomic mass is 19.1. The molecule has 1 aromatic heterocycles. The summed E-state index contributed by atoms with van der Waals surface area (Å²) in [5.74, 6) is 1.06. The average Bonchev–Trinajstić information content (AvgIpc) is 3.27. The molecule has 0 saturated carbocycles. The molecule has 0 spiro atoms. The van der Waals surface area contributed by atoms with Crippen LogP contribution >= 0.6 is 0 Å². The van der Waals surface area contributed by atoms with Crippen LogP contribution in [0, 0.1) is 11.7 Å². The van der Waals surface area contributed by atoms with Gasteiger partial charge in [-0.3, -0.25) is 9.79 Å². The Morgan fingerprint density at radius 2 is 2.10 bits per heavy atom. The van der Waals surface area contributed by atoms with Crippen molar-refractivity contribution >= 4 is 11.9 Å². The standard InChI is InChI=1S/C22H31FN6O/c1-3-25-22(28-12-8-17(2)20(15-28)29-13-11-24-16-29)27-10-9-26-21(30)14-18-4-6-19(23)7-5-18/h4-7,11,13,16-17,20H,3,8-10,12,14-15H2,1-2H3,(H,25,27)(H,26,30). The SMILES string of the molecule is CCNC(=NCCNC(=O)Cc1ccc(F)cc1)N1CCC(C)C(n2ccnc2)C1. The Bertz CT molecular complexity index is 821. The molecule has 3 rings (SSSR count). The van der Waals surface area contributed by atoms with E-state index in [9.17, 15) is 9.18 Å². The van der Waals surface area contributed by atoms with E-state index in [0.717, 1.165) is 37.6 Å². The fraction of sp³-hybridized carbons (Fsp3) is 0.500. The number of carbonyl (C=O) groups is 1. The van der Waals surface area contributed by atoms with Crippen molar-refractivity contribution in [3.8, 4) is 0 Å². The largest absolute Gasteiger partial charge is 0.357 e. The first kappa shape index (κ1) is 21.8. The Hall–Kier alpha value is -2.90. The lowest BCUT2D eigenvalue weighted by Gasteiger charge is -2.39. The fourth-order valence-corrected chi connectivity index (χ4v) is 3.73. The van der Waals surface area contributed by atoms with Crippen LogP contribution in [0.4, 0.5) is 4.39 Å². The third-order valence-electron chi connectivity index (χ3n) is 5.43. The molecule has 1 fully saturated rings. The van der Waals surface area contributed by atoms with Gasteiger partial charge in [-0.2, -0.15) is 0 Å². The zero-order chi connectivity index (χ0) is 21.3. The second kappa shape index (κ2) is 10.8. The first-order chi connectivity index (χ1) is 14.6. The molecule has 1 aliphatic rings. The molecule has 2 unspecified atom stereocenters. The smallest absolute Gasteiger partial charge is 0.224 e. The number of aromatic nitrogens is 2. The molecule has 1 amide bonds. The lowest BCUT2D eigenvalue weighted by Crippen LogP contribution is -2.49. The zero-order valence-corrected chi connectivity index (χ0v) is 17.7. The van der Waals surface area contributed by atoms with Crippen LogP contribution in [0.1, 0.15) is 31.9 Å². The number of likely N-dealkylation sites (tertiary alicyclic amines) is 1. The summed E-state index contributed by atoms with van der Waals surface area (Å²) in [6.45, 7) is 7.92. The van der Waals surface area contributed by atoms with Crippen LogP contribution in [-0.2, 0) is 11.2 Å². The van der Waals surface area contributed by atoms with Crippen molar-refractivity contribution in [1.82, 2.24) is 25.1 Å². The second-order valence-corrected chi connectivity index (χ2v) is 7.68. The molecule has 2 N–H and O–H groups in total. The minimum absolute atomic E-state index is 0.0891. The van der Waals surface area contributed by atoms with Gasteiger partial charge in [-0.25, -0.2) is 9.37 Å². The van der Waals surface area contributed by atoms with Crippen LogP contribution in [0.5, 0.6) is 0 Å². The Labute approximate surface area is 177 Å². The van der Waals surface area contributed by atoms with Crippen LogP contribution in [0.15, 0.2) is 48.0 Å². The molecule has 2 heterocycles. The van der Waals surface area contributed by atoms with Crippen LogP contribution in [0.25, 0.3) is 0 Å². The number of rotatable bonds is 7. The number of piperidine rings is 1. The number of guanidine groups is 1. The molecule has 8 heteroatoms. The van der Waals surface area contributed by atoms with E-state index in [-0.39, 0.29) is 18.1 Å². The maximum absolute atomic E-state index is 13.0. The molecule has 0 bridgehead atoms. The third kappa shape index (κ3) is 6.05. The monoisotopic (exact) mass is 414 g/mol. The lowest BCUT2D eigenvalue weighted by molar-refractivity contribution is -0.120. The Morgan fingerprint density at radius 3 is 2.80 bits per heavy atom. The molecule has 2 aromatic rings. The van der Waals surface area contributed by atoms with Gasteiger partial charge in [-0.05, 0) is 37.0 Å². The van der Waals surface area contributed by atoms with E-state index in [1.807, 2.05) is 18.7 Å². The number of hydrogen-bond donors (Lipinski definition) is 2. The van der Waals surface area contributed by atoms with Crippen molar-refractivity contribution in [3.05, 3.63) is 54.4 Å². The van der Waals surface area contributed by atoms with Crippen LogP contribution in [0.3, 0.4) is 0 Å². The summed E-state index contributed by atoms with van der Waals surface area (Å²) in [4.78, 5) is 23.3. The summed E-state index contributed by atoms with van der Waals surface area (Å²) in [5, 5.41) is 6.26. The van der Waals surface area contributed by atoms with Crippen molar-refractivity contribution in [1.29, 1.82) is 0 Å². The first-order valence-electron chi connectivity index (χ1n) is 10.6. The van der Waals surface area contributed by atoms with Crippen molar-refractivity contribution in [2.75, 3.05) is 32.7 Å². The summed E-state index contributed by atoms with van der Waals surface area (Å²) in [6.07, 6.45) is 7.04. The van der Waals surface area contributed by atoms with Gasteiger partial charge in [0.15, 0.2) is 5.96 Å². The second-order valence-electron chi connectivity index (χ2n) is 7.68. The van der Waals surface area contributed by atoms with Gasteiger partial charge < -0.3 is 20.1 Å². The number of halogens is 1. The fourth-order valence-electron chi connectivity index (χ4n) is 3.73. The topological polar surface area (TPSA) is 74.6 Å². The molecule has 30 heavy (non-hydrogen) atoms. The average molecular weight is 415 g/mol. The van der Waals surface area contributed by atoms with E-state index in [1.165, 1.54) is 12.1 Å². The third-order valence-corrected chi connectivity index (χ3v) is 5.43. The van der Waals surface area contributed by atoms with Gasteiger partial charge in [0, 0.05) is 38.6 Å². The van der Waals surface area contributed by atoms with E-state index >= 15 is 0 Å². The van der Waals surface area contributed by atoms with Crippen LogP contribution < -0.4 is 10.6 Å². The number of imidazole rings is 1. The number of aliphatic imine (C=N–C) groups is 1. The molecular weight excluding hydrogens is 383 g/mol. The summed E-state index contributed by atoms with van der Waals surface area (Å²) in [7, 11) is 0. The Kier molecular flexibility index (Phi) is 7.82. The highest BCUT2D eigenvalue weighted by Crippen LogP contribution is 2.27. The summed E-state index contributed by atoms with van der Waals surface area (Å²) in [5.41, 5.74) is 0.790. The van der Waals surface area contributed by atoms with Gasteiger partial charge in [0.2, 0.25) is 5.91 Å². The minimum atomic E-state index is -0.299. The Morgan fingerprint density at radius 1 is 1.30 bits per heavy atom. The van der Waals surface area contributed by atoms with Crippen LogP contribution in [0.2, 0.25) is 0 Å². The van der Waals surface area contributed by atoms with Gasteiger partial charge in [0.05, 0.1) is 25.3 Å². The predicted molar refractivity (Wildman–Crippen MR) is 116 cm³/mol. The van der Waals surface area contributed by atoms with Crippen molar-refractivity contribution < 1.29 is 9.18 Å². The Balaban J connectivity index is 1.51. The van der Waals surface area contributed by atoms with Crippen molar-refractivity contribution in [2.24, 2.45) is 10.9 Å². The number of hydrogen-bond acceptors (Lipinski definition) is 3. The molecular formula is C22H31FN6O. The van der Waals surface area contributed by atoms with Gasteiger partial charge >= 0.3 is 0 Å². The first-order valence-corrected chi connectivity index (χ1v) is 10.6. The van der Waals surface area contributed by atoms with Gasteiger partial charge in [-0.1, -0.05) is 19.1 Å². The molecule has 1 aromatic carbocycles. The van der Waals surface area contributed by atoms with Crippen LogP contribution in [-0.4, -0.2) is 59.0 Å². The molecule has 7 nitrogen and oxygen atoms in total. The zero-order valence-electron chi connectivity index (χ0n) is 17.7. The molecule has 162 valence electrons. The van der Waals surface area contributed by atoms with E-state index in [1.54, 1.807) is 12.1 Å². The number of carbonyl (C=O) groups excluding carboxylic acids is 1. The van der Waals surface area contributed by atoms with Gasteiger partial charge in [0.1, 0.15) is 5.82 Å². The quantitative estimate of drug-likeness (QED) is 0.414. The van der Waals surface area contributed by atoms with Crippen molar-refractivity contribution in [3.63, 3.8) is 0 Å². The number of benzene rings is 1. The molecule has 0 aliphatic carbocycles. The highest BCUT2D eigenvalue weighted by molar-refractivity contribution is 5.80. The van der Waals surface area contributed by atoms with Gasteiger partial charge in [-0.15, -0.1) is 0 Å². The molecule has 1 aliphatic heterocycles. The maximum atomic E-state index is 13.0. The van der Waals surface area contributed by atoms with Crippen molar-refractivity contribution in [2.45, 2.75) is 32.7 Å². The van der Waals surface area contributed by atoms with E-state index in [2.05, 4.69) is 38.9 Å². The predicted octanol–water partition coefficient (Wildman–Crippen LogP) is 2.23. The minimum Gasteiger partial charge on any atom is -0.357 e. The number of nitrogens with one attached hydrogen (secondary N) is 2. The summed E-state index contributed by atoms with van der Waals surface area (Å²) < 4.78 is 15.1. The van der Waals surface area contributed by atoms with E-state index < -0.39 is 0 Å². The molecule has 2 atom stereocenters. The van der Waals surface area contributed by atoms with E-state index in [0.29, 0.717) is 25.0 Å². The van der Waals surface area contributed by atoms with Gasteiger partial charge in [0.25, 0.3) is 0 Å². The molecule has 0 radical (unpaired) electrons. The number of amides is 1. The summed E-state index contributed by atoms with van der Waals surface area (Å²) in [6, 6.07) is 6.35. The summed E-state index contributed by atoms with van der Waals surface area (Å²) >= 11 is 0. The number of nitrogens with zero attached hydrogens (tertiary/aromatic N) is 4. The normalized spacial score (nSPS) is 19.6. The van der Waals surface area contributed by atoms with E-state index in [4.69, 9.17) is 4.99 Å². The maximum Gasteiger partial charge on any atom is 0.224 e. The highest BCUT2D eigenvalue weighted by Gasteiger charge is 2.28.